The number of amides is 2. The number of piperidine rings is 1. The number of carbonyl (C=O) groups excluding carboxylic acids is 1. The van der Waals surface area contributed by atoms with E-state index in [0.717, 1.165) is 29.7 Å². The Morgan fingerprint density at radius 1 is 1.21 bits per heavy atom. The van der Waals surface area contributed by atoms with E-state index in [0.29, 0.717) is 31.4 Å². The minimum absolute atomic E-state index is 0.172. The van der Waals surface area contributed by atoms with Gasteiger partial charge < -0.3 is 14.4 Å². The fourth-order valence-electron chi connectivity index (χ4n) is 3.86. The van der Waals surface area contributed by atoms with Crippen molar-refractivity contribution in [2.45, 2.75) is 19.8 Å². The van der Waals surface area contributed by atoms with Crippen molar-refractivity contribution in [2.24, 2.45) is 5.92 Å². The first-order valence-electron chi connectivity index (χ1n) is 11.3. The van der Waals surface area contributed by atoms with Crippen LogP contribution >= 0.6 is 0 Å². The number of nitrogens with zero attached hydrogens (tertiary/aromatic N) is 4. The van der Waals surface area contributed by atoms with Crippen LogP contribution in [-0.2, 0) is 6.42 Å². The number of benzene rings is 1. The summed E-state index contributed by atoms with van der Waals surface area (Å²) in [4.78, 5) is 26.8. The van der Waals surface area contributed by atoms with Gasteiger partial charge >= 0.3 is 6.03 Å². The van der Waals surface area contributed by atoms with Crippen LogP contribution in [0.5, 0.6) is 11.6 Å². The van der Waals surface area contributed by atoms with E-state index in [-0.39, 0.29) is 11.9 Å². The summed E-state index contributed by atoms with van der Waals surface area (Å²) < 4.78 is 10.9. The molecule has 176 valence electrons. The summed E-state index contributed by atoms with van der Waals surface area (Å²) in [7, 11) is 1.52. The van der Waals surface area contributed by atoms with Gasteiger partial charge in [-0.25, -0.2) is 14.8 Å². The van der Waals surface area contributed by atoms with E-state index in [1.807, 2.05) is 29.3 Å². The second-order valence-corrected chi connectivity index (χ2v) is 8.22. The fraction of sp³-hybridized carbons (Fsp3) is 0.308. The molecule has 0 radical (unpaired) electrons. The Labute approximate surface area is 199 Å². The van der Waals surface area contributed by atoms with Crippen LogP contribution < -0.4 is 14.8 Å². The number of urea groups is 1. The van der Waals surface area contributed by atoms with Gasteiger partial charge in [0, 0.05) is 31.9 Å². The molecule has 0 spiro atoms. The zero-order valence-electron chi connectivity index (χ0n) is 19.5. The Bertz CT molecular complexity index is 1120. The van der Waals surface area contributed by atoms with Crippen LogP contribution in [-0.4, -0.2) is 52.7 Å². The van der Waals surface area contributed by atoms with Gasteiger partial charge in [0.25, 0.3) is 0 Å². The lowest BCUT2D eigenvalue weighted by Gasteiger charge is -2.33. The molecule has 1 saturated heterocycles. The lowest BCUT2D eigenvalue weighted by atomic mass is 9.91. The highest BCUT2D eigenvalue weighted by Gasteiger charge is 2.24. The maximum absolute atomic E-state index is 12.7. The van der Waals surface area contributed by atoms with Crippen molar-refractivity contribution >= 4 is 17.9 Å². The third-order valence-corrected chi connectivity index (χ3v) is 5.75. The highest BCUT2D eigenvalue weighted by molar-refractivity contribution is 5.88. The van der Waals surface area contributed by atoms with E-state index < -0.39 is 0 Å². The molecular formula is C26H29N5O3. The molecule has 2 amide bonds. The Hall–Kier alpha value is -3.94. The zero-order valence-corrected chi connectivity index (χ0v) is 19.5. The maximum Gasteiger partial charge on any atom is 0.323 e. The highest BCUT2D eigenvalue weighted by atomic mass is 16.5. The number of methoxy groups -OCH3 is 1. The summed E-state index contributed by atoms with van der Waals surface area (Å²) in [5, 5.41) is 2.80. The molecule has 0 bridgehead atoms. The number of carbonyl (C=O) groups is 1. The fourth-order valence-corrected chi connectivity index (χ4v) is 3.86. The second-order valence-electron chi connectivity index (χ2n) is 8.22. The Balaban J connectivity index is 1.31. The van der Waals surface area contributed by atoms with Gasteiger partial charge in [-0.2, -0.15) is 0 Å². The molecule has 0 aliphatic carbocycles. The first kappa shape index (κ1) is 23.2. The lowest BCUT2D eigenvalue weighted by molar-refractivity contribution is 0.197. The lowest BCUT2D eigenvalue weighted by Crippen LogP contribution is -2.42. The van der Waals surface area contributed by atoms with Gasteiger partial charge in [0.15, 0.2) is 5.82 Å². The van der Waals surface area contributed by atoms with E-state index in [2.05, 4.69) is 51.5 Å². The summed E-state index contributed by atoms with van der Waals surface area (Å²) >= 11 is 0. The van der Waals surface area contributed by atoms with Gasteiger partial charge in [0.1, 0.15) is 5.75 Å². The first-order valence-corrected chi connectivity index (χ1v) is 11.3. The van der Waals surface area contributed by atoms with Crippen molar-refractivity contribution in [3.63, 3.8) is 0 Å². The zero-order chi connectivity index (χ0) is 23.8. The average Bonchev–Trinajstić information content (AvgIpc) is 2.86. The van der Waals surface area contributed by atoms with E-state index in [4.69, 9.17) is 9.47 Å². The summed E-state index contributed by atoms with van der Waals surface area (Å²) in [5.41, 5.74) is 3.58. The Morgan fingerprint density at radius 2 is 2.12 bits per heavy atom. The van der Waals surface area contributed by atoms with Crippen molar-refractivity contribution < 1.29 is 14.3 Å². The number of nitrogens with one attached hydrogen (secondary N) is 1. The first-order chi connectivity index (χ1) is 16.6. The molecule has 1 fully saturated rings. The minimum atomic E-state index is -0.172. The van der Waals surface area contributed by atoms with Crippen LogP contribution in [0.4, 0.5) is 10.6 Å². The molecule has 8 heteroatoms. The van der Waals surface area contributed by atoms with Crippen LogP contribution in [0.3, 0.4) is 0 Å². The standard InChI is InChI=1S/C26H29N5O3/c1-19-18-31(26(32)30-24-16-29-25(33-2)17-28-24)11-8-22(19)13-21-5-3-7-23(14-21)34-12-9-20-6-4-10-27-15-20/h3-7,10,13-17,19H,8-9,11-12,18H2,1-2H3,(H,28,30,32). The highest BCUT2D eigenvalue weighted by Crippen LogP contribution is 2.26. The smallest absolute Gasteiger partial charge is 0.323 e. The van der Waals surface area contributed by atoms with Crippen molar-refractivity contribution in [3.8, 4) is 11.6 Å². The largest absolute Gasteiger partial charge is 0.493 e. The van der Waals surface area contributed by atoms with Crippen molar-refractivity contribution in [3.05, 3.63) is 77.9 Å². The van der Waals surface area contributed by atoms with Crippen LogP contribution in [0.1, 0.15) is 24.5 Å². The van der Waals surface area contributed by atoms with E-state index >= 15 is 0 Å². The van der Waals surface area contributed by atoms with Gasteiger partial charge in [-0.1, -0.05) is 36.8 Å². The molecule has 1 aliphatic rings. The molecule has 1 aliphatic heterocycles. The number of ether oxygens (including phenoxy) is 2. The summed E-state index contributed by atoms with van der Waals surface area (Å²) in [5.74, 6) is 1.90. The van der Waals surface area contributed by atoms with Crippen molar-refractivity contribution in [1.29, 1.82) is 0 Å². The van der Waals surface area contributed by atoms with Crippen molar-refractivity contribution in [2.75, 3.05) is 32.1 Å². The Kier molecular flexibility index (Phi) is 7.70. The average molecular weight is 460 g/mol. The summed E-state index contributed by atoms with van der Waals surface area (Å²) in [6.45, 7) is 4.03. The predicted molar refractivity (Wildman–Crippen MR) is 131 cm³/mol. The molecule has 34 heavy (non-hydrogen) atoms. The van der Waals surface area contributed by atoms with E-state index in [1.165, 1.54) is 25.1 Å². The Morgan fingerprint density at radius 3 is 2.85 bits per heavy atom. The number of hydrogen-bond acceptors (Lipinski definition) is 6. The molecule has 3 aromatic rings. The van der Waals surface area contributed by atoms with Crippen LogP contribution in [0.2, 0.25) is 0 Å². The quantitative estimate of drug-likeness (QED) is 0.561. The van der Waals surface area contributed by atoms with Gasteiger partial charge in [-0.05, 0) is 41.7 Å². The number of likely N-dealkylation sites (tertiary alicyclic amines) is 1. The molecule has 1 aromatic carbocycles. The third kappa shape index (κ3) is 6.31. The molecule has 1 atom stereocenters. The summed E-state index contributed by atoms with van der Waals surface area (Å²) in [6, 6.07) is 11.9. The van der Waals surface area contributed by atoms with Gasteiger partial charge in [-0.15, -0.1) is 0 Å². The van der Waals surface area contributed by atoms with Gasteiger partial charge in [0.2, 0.25) is 5.88 Å². The molecule has 1 unspecified atom stereocenters. The topological polar surface area (TPSA) is 89.5 Å². The molecule has 1 N–H and O–H groups in total. The molecule has 8 nitrogen and oxygen atoms in total. The molecular weight excluding hydrogens is 430 g/mol. The number of anilines is 1. The molecule has 4 rings (SSSR count). The predicted octanol–water partition coefficient (Wildman–Crippen LogP) is 4.46. The number of pyridine rings is 1. The number of hydrogen-bond donors (Lipinski definition) is 1. The number of aromatic nitrogens is 3. The number of rotatable bonds is 7. The molecule has 2 aromatic heterocycles. The monoisotopic (exact) mass is 459 g/mol. The van der Waals surface area contributed by atoms with Crippen LogP contribution in [0, 0.1) is 5.92 Å². The molecule has 0 saturated carbocycles. The van der Waals surface area contributed by atoms with Crippen molar-refractivity contribution in [1.82, 2.24) is 19.9 Å². The molecule has 3 heterocycles. The van der Waals surface area contributed by atoms with Gasteiger partial charge in [-0.3, -0.25) is 10.3 Å². The second kappa shape index (κ2) is 11.3. The minimum Gasteiger partial charge on any atom is -0.493 e. The normalized spacial score (nSPS) is 16.8. The SMILES string of the molecule is COc1cnc(NC(=O)N2CCC(=Cc3cccc(OCCc4cccnc4)c3)C(C)C2)cn1. The van der Waals surface area contributed by atoms with E-state index in [9.17, 15) is 4.79 Å². The van der Waals surface area contributed by atoms with Crippen LogP contribution in [0.15, 0.2) is 66.8 Å². The maximum atomic E-state index is 12.7. The summed E-state index contributed by atoms with van der Waals surface area (Å²) in [6.07, 6.45) is 10.4. The van der Waals surface area contributed by atoms with E-state index in [1.54, 1.807) is 6.20 Å². The third-order valence-electron chi connectivity index (χ3n) is 5.75. The van der Waals surface area contributed by atoms with Gasteiger partial charge in [0.05, 0.1) is 26.1 Å². The van der Waals surface area contributed by atoms with Crippen LogP contribution in [0.25, 0.3) is 6.08 Å².